The van der Waals surface area contributed by atoms with Crippen LogP contribution in [0, 0.1) is 18.8 Å². The Hall–Kier alpha value is -2.29. The highest BCUT2D eigenvalue weighted by Gasteiger charge is 2.74. The van der Waals surface area contributed by atoms with Crippen LogP contribution in [0.1, 0.15) is 38.2 Å². The molecule has 1 aromatic carbocycles. The molecule has 0 aliphatic carbocycles. The van der Waals surface area contributed by atoms with Crippen molar-refractivity contribution in [1.29, 1.82) is 0 Å². The number of para-hydroxylation sites is 1. The Morgan fingerprint density at radius 1 is 1.38 bits per heavy atom. The van der Waals surface area contributed by atoms with E-state index in [1.165, 1.54) is 0 Å². The predicted molar refractivity (Wildman–Crippen MR) is 147 cm³/mol. The lowest BCUT2D eigenvalue weighted by Crippen LogP contribution is -2.57. The van der Waals surface area contributed by atoms with Gasteiger partial charge in [-0.15, -0.1) is 24.9 Å². The molecule has 0 aromatic heterocycles. The maximum atomic E-state index is 14.5. The molecule has 1 N–H and O–H groups in total. The number of amides is 2. The summed E-state index contributed by atoms with van der Waals surface area (Å²) in [5.74, 6) is -2.22. The normalized spacial score (nSPS) is 28.6. The van der Waals surface area contributed by atoms with E-state index in [0.717, 1.165) is 12.0 Å². The van der Waals surface area contributed by atoms with E-state index in [0.29, 0.717) is 30.0 Å². The van der Waals surface area contributed by atoms with Crippen molar-refractivity contribution >= 4 is 46.8 Å². The Bertz CT molecular complexity index is 1070. The molecule has 2 unspecified atom stereocenters. The minimum absolute atomic E-state index is 0.0910. The first kappa shape index (κ1) is 27.7. The SMILES string of the molecule is C=CCCOC(=O)[C@@H]1[C@@H]2CCC3(S2)C(C(=O)N(CC=C)c2c(C)cccc2Cl)N([C@@H](CC)CO)C(=O)[C@H]13. The molecule has 6 atom stereocenters. The van der Waals surface area contributed by atoms with E-state index in [-0.39, 0.29) is 36.8 Å². The Balaban J connectivity index is 1.80. The van der Waals surface area contributed by atoms with Crippen molar-refractivity contribution in [1.82, 2.24) is 4.90 Å². The van der Waals surface area contributed by atoms with Crippen LogP contribution in [0.2, 0.25) is 5.02 Å². The molecular formula is C28H35ClN2O5S. The molecule has 0 saturated carbocycles. The minimum Gasteiger partial charge on any atom is -0.465 e. The van der Waals surface area contributed by atoms with Crippen molar-refractivity contribution in [3.8, 4) is 0 Å². The number of benzene rings is 1. The minimum atomic E-state index is -0.848. The average Bonchev–Trinajstić information content (AvgIpc) is 3.52. The fourth-order valence-electron chi connectivity index (χ4n) is 6.32. The van der Waals surface area contributed by atoms with Crippen molar-refractivity contribution in [2.24, 2.45) is 11.8 Å². The number of anilines is 1. The van der Waals surface area contributed by atoms with Crippen molar-refractivity contribution in [2.75, 3.05) is 24.7 Å². The van der Waals surface area contributed by atoms with Crippen molar-refractivity contribution in [3.05, 3.63) is 54.1 Å². The molecule has 3 aliphatic rings. The lowest BCUT2D eigenvalue weighted by Gasteiger charge is -2.39. The first-order chi connectivity index (χ1) is 17.8. The van der Waals surface area contributed by atoms with E-state index in [2.05, 4.69) is 13.2 Å². The molecule has 1 aromatic rings. The van der Waals surface area contributed by atoms with Gasteiger partial charge in [-0.3, -0.25) is 14.4 Å². The van der Waals surface area contributed by atoms with Crippen molar-refractivity contribution in [2.45, 2.75) is 61.6 Å². The number of carbonyl (C=O) groups excluding carboxylic acids is 3. The summed E-state index contributed by atoms with van der Waals surface area (Å²) in [7, 11) is 0. The molecule has 4 rings (SSSR count). The van der Waals surface area contributed by atoms with Gasteiger partial charge in [-0.2, -0.15) is 0 Å². The monoisotopic (exact) mass is 546 g/mol. The number of hydrogen-bond donors (Lipinski definition) is 1. The Morgan fingerprint density at radius 3 is 2.76 bits per heavy atom. The third-order valence-corrected chi connectivity index (χ3v) is 10.2. The maximum Gasteiger partial charge on any atom is 0.310 e. The second kappa shape index (κ2) is 11.2. The van der Waals surface area contributed by atoms with Crippen molar-refractivity contribution in [3.63, 3.8) is 0 Å². The van der Waals surface area contributed by atoms with Crippen molar-refractivity contribution < 1.29 is 24.2 Å². The molecule has 3 aliphatic heterocycles. The fourth-order valence-corrected chi connectivity index (χ4v) is 8.83. The number of esters is 1. The molecular weight excluding hydrogens is 512 g/mol. The average molecular weight is 547 g/mol. The lowest BCUT2D eigenvalue weighted by molar-refractivity contribution is -0.154. The van der Waals surface area contributed by atoms with Gasteiger partial charge in [0.25, 0.3) is 5.91 Å². The third-order valence-electron chi connectivity index (χ3n) is 7.92. The van der Waals surface area contributed by atoms with E-state index in [9.17, 15) is 19.5 Å². The number of rotatable bonds is 11. The number of aryl methyl sites for hydroxylation is 1. The molecule has 0 radical (unpaired) electrons. The van der Waals surface area contributed by atoms with Gasteiger partial charge in [0.05, 0.1) is 46.5 Å². The Kier molecular flexibility index (Phi) is 8.41. The molecule has 7 nitrogen and oxygen atoms in total. The zero-order valence-corrected chi connectivity index (χ0v) is 23.0. The highest BCUT2D eigenvalue weighted by molar-refractivity contribution is 8.02. The topological polar surface area (TPSA) is 87.2 Å². The number of thioether (sulfide) groups is 1. The van der Waals surface area contributed by atoms with Gasteiger partial charge in [0.1, 0.15) is 6.04 Å². The number of fused-ring (bicyclic) bond motifs is 1. The first-order valence-electron chi connectivity index (χ1n) is 12.8. The zero-order chi connectivity index (χ0) is 26.9. The number of aliphatic hydroxyl groups is 1. The Morgan fingerprint density at radius 2 is 2.14 bits per heavy atom. The number of halogens is 1. The van der Waals surface area contributed by atoms with Crippen LogP contribution in [-0.4, -0.2) is 69.6 Å². The zero-order valence-electron chi connectivity index (χ0n) is 21.4. The molecule has 2 amide bonds. The predicted octanol–water partition coefficient (Wildman–Crippen LogP) is 4.15. The second-order valence-corrected chi connectivity index (χ2v) is 11.9. The summed E-state index contributed by atoms with van der Waals surface area (Å²) in [6.07, 6.45) is 5.68. The fraction of sp³-hybridized carbons (Fsp3) is 0.536. The summed E-state index contributed by atoms with van der Waals surface area (Å²) in [6, 6.07) is 4.06. The summed E-state index contributed by atoms with van der Waals surface area (Å²) in [5, 5.41) is 10.6. The number of nitrogens with zero attached hydrogens (tertiary/aromatic N) is 2. The van der Waals surface area contributed by atoms with Crippen LogP contribution in [0.25, 0.3) is 0 Å². The summed E-state index contributed by atoms with van der Waals surface area (Å²) >= 11 is 8.16. The molecule has 3 heterocycles. The highest BCUT2D eigenvalue weighted by Crippen LogP contribution is 2.67. The largest absolute Gasteiger partial charge is 0.465 e. The van der Waals surface area contributed by atoms with E-state index >= 15 is 0 Å². The van der Waals surface area contributed by atoms with E-state index < -0.39 is 34.6 Å². The molecule has 200 valence electrons. The Labute approximate surface area is 227 Å². The van der Waals surface area contributed by atoms with Gasteiger partial charge in [-0.25, -0.2) is 0 Å². The van der Waals surface area contributed by atoms with Gasteiger partial charge < -0.3 is 19.6 Å². The highest BCUT2D eigenvalue weighted by atomic mass is 35.5. The van der Waals surface area contributed by atoms with Crippen LogP contribution in [0.5, 0.6) is 0 Å². The summed E-state index contributed by atoms with van der Waals surface area (Å²) in [5.41, 5.74) is 1.41. The maximum absolute atomic E-state index is 14.5. The molecule has 9 heteroatoms. The molecule has 37 heavy (non-hydrogen) atoms. The number of hydrogen-bond acceptors (Lipinski definition) is 6. The molecule has 1 spiro atoms. The van der Waals surface area contributed by atoms with Crippen LogP contribution in [0.15, 0.2) is 43.5 Å². The lowest BCUT2D eigenvalue weighted by atomic mass is 9.71. The third kappa shape index (κ3) is 4.51. The summed E-state index contributed by atoms with van der Waals surface area (Å²) < 4.78 is 4.75. The summed E-state index contributed by atoms with van der Waals surface area (Å²) in [6.45, 7) is 11.4. The quantitative estimate of drug-likeness (QED) is 0.255. The van der Waals surface area contributed by atoms with Gasteiger partial charge in [0.2, 0.25) is 5.91 Å². The van der Waals surface area contributed by atoms with Gasteiger partial charge in [0.15, 0.2) is 0 Å². The molecule has 3 fully saturated rings. The van der Waals surface area contributed by atoms with Gasteiger partial charge in [-0.05, 0) is 44.2 Å². The van der Waals surface area contributed by atoms with Crippen LogP contribution < -0.4 is 4.90 Å². The number of aliphatic hydroxyl groups excluding tert-OH is 1. The van der Waals surface area contributed by atoms with E-state index in [1.807, 2.05) is 26.0 Å². The van der Waals surface area contributed by atoms with E-state index in [4.69, 9.17) is 16.3 Å². The van der Waals surface area contributed by atoms with Gasteiger partial charge in [-0.1, -0.05) is 42.8 Å². The van der Waals surface area contributed by atoms with Crippen LogP contribution >= 0.6 is 23.4 Å². The summed E-state index contributed by atoms with van der Waals surface area (Å²) in [4.78, 5) is 45.0. The smallest absolute Gasteiger partial charge is 0.310 e. The van der Waals surface area contributed by atoms with E-state index in [1.54, 1.807) is 39.8 Å². The van der Waals surface area contributed by atoms with Crippen LogP contribution in [0.3, 0.4) is 0 Å². The van der Waals surface area contributed by atoms with Gasteiger partial charge >= 0.3 is 5.97 Å². The van der Waals surface area contributed by atoms with Gasteiger partial charge in [0, 0.05) is 11.8 Å². The number of likely N-dealkylation sites (tertiary alicyclic amines) is 1. The molecule has 3 saturated heterocycles. The molecule has 2 bridgehead atoms. The first-order valence-corrected chi connectivity index (χ1v) is 14.1. The standard InChI is InChI=1S/C28H35ClN2O5S/c1-5-8-15-36-27(35)21-20-12-13-28(37-20)22(21)25(33)31(18(7-3)16-32)24(28)26(34)30(14-6-2)23-17(4)10-9-11-19(23)29/h5-6,9-11,18,20-22,24,32H,1-2,7-8,12-16H2,3-4H3/t18-,20-,21+,22-,24?,28?/m0/s1. The second-order valence-electron chi connectivity index (χ2n) is 9.93. The van der Waals surface area contributed by atoms with Crippen LogP contribution in [-0.2, 0) is 19.1 Å². The number of ether oxygens (including phenoxy) is 1. The number of carbonyl (C=O) groups is 3. The van der Waals surface area contributed by atoms with Crippen LogP contribution in [0.4, 0.5) is 5.69 Å².